The van der Waals surface area contributed by atoms with Crippen molar-refractivity contribution >= 4 is 5.82 Å². The van der Waals surface area contributed by atoms with Crippen molar-refractivity contribution in [2.75, 3.05) is 18.6 Å². The minimum atomic E-state index is -4.53. The number of aromatic nitrogens is 8. The molecule has 0 unspecified atom stereocenters. The molecule has 0 saturated heterocycles. The molecule has 13 heteroatoms. The monoisotopic (exact) mass is 525 g/mol. The molecule has 1 aliphatic carbocycles. The number of rotatable bonds is 6. The standard InChI is InChI=1S/C25H26F3N9O/c1-4-35-12-19(25(26,27)28)33-23(35)17-9-30-20(10-29-17)36-8-7-16-14(2)34-37(18(16)11-36)22-21(15-5-6-15)31-13-32-24(22)38-3/h9-10,12-13,15H,4-8,11H2,1-3H3. The van der Waals surface area contributed by atoms with Crippen molar-refractivity contribution in [1.29, 1.82) is 0 Å². The molecular weight excluding hydrogens is 499 g/mol. The molecule has 1 aliphatic heterocycles. The van der Waals surface area contributed by atoms with Gasteiger partial charge in [0.1, 0.15) is 23.5 Å². The Hall–Kier alpha value is -4.03. The second kappa shape index (κ2) is 9.07. The highest BCUT2D eigenvalue weighted by atomic mass is 19.4. The fraction of sp³-hybridized carbons (Fsp3) is 0.440. The normalized spacial score (nSPS) is 15.6. The first-order chi connectivity index (χ1) is 18.3. The van der Waals surface area contributed by atoms with Gasteiger partial charge in [-0.3, -0.25) is 0 Å². The summed E-state index contributed by atoms with van der Waals surface area (Å²) in [6.07, 6.45) is 3.96. The molecule has 10 nitrogen and oxygen atoms in total. The van der Waals surface area contributed by atoms with Gasteiger partial charge in [-0.1, -0.05) is 0 Å². The number of anilines is 1. The van der Waals surface area contributed by atoms with E-state index in [1.807, 2.05) is 11.6 Å². The Labute approximate surface area is 216 Å². The predicted octanol–water partition coefficient (Wildman–Crippen LogP) is 4.11. The number of alkyl halides is 3. The van der Waals surface area contributed by atoms with E-state index in [1.165, 1.54) is 22.7 Å². The molecule has 1 fully saturated rings. The van der Waals surface area contributed by atoms with E-state index in [1.54, 1.807) is 20.2 Å². The molecule has 2 aliphatic rings. The van der Waals surface area contributed by atoms with Crippen LogP contribution in [0, 0.1) is 6.92 Å². The number of imidazole rings is 1. The van der Waals surface area contributed by atoms with Gasteiger partial charge < -0.3 is 14.2 Å². The topological polar surface area (TPSA) is 99.7 Å². The summed E-state index contributed by atoms with van der Waals surface area (Å²) in [4.78, 5) is 23.7. The lowest BCUT2D eigenvalue weighted by Crippen LogP contribution is -2.32. The van der Waals surface area contributed by atoms with Gasteiger partial charge in [0.2, 0.25) is 5.88 Å². The van der Waals surface area contributed by atoms with Crippen LogP contribution in [0.3, 0.4) is 0 Å². The van der Waals surface area contributed by atoms with E-state index in [0.29, 0.717) is 37.3 Å². The van der Waals surface area contributed by atoms with Crippen molar-refractivity contribution in [1.82, 2.24) is 39.3 Å². The SMILES string of the molecule is CCn1cc(C(F)(F)F)nc1-c1cnc(N2CCc3c(C)nn(-c4c(OC)ncnc4C4CC4)c3C2)cn1. The van der Waals surface area contributed by atoms with E-state index < -0.39 is 11.9 Å². The van der Waals surface area contributed by atoms with Crippen LogP contribution in [0.4, 0.5) is 19.0 Å². The van der Waals surface area contributed by atoms with Crippen LogP contribution >= 0.6 is 0 Å². The van der Waals surface area contributed by atoms with Crippen LogP contribution in [0.1, 0.15) is 54.0 Å². The van der Waals surface area contributed by atoms with Crippen LogP contribution in [0.25, 0.3) is 17.2 Å². The van der Waals surface area contributed by atoms with E-state index >= 15 is 0 Å². The summed E-state index contributed by atoms with van der Waals surface area (Å²) in [5.74, 6) is 1.61. The Balaban J connectivity index is 1.32. The second-order valence-corrected chi connectivity index (χ2v) is 9.48. The molecule has 4 aromatic rings. The molecule has 0 N–H and O–H groups in total. The molecule has 0 amide bonds. The molecule has 1 saturated carbocycles. The highest BCUT2D eigenvalue weighted by Crippen LogP contribution is 2.44. The van der Waals surface area contributed by atoms with E-state index in [0.717, 1.165) is 48.2 Å². The van der Waals surface area contributed by atoms with Gasteiger partial charge in [0.25, 0.3) is 0 Å². The van der Waals surface area contributed by atoms with Crippen LogP contribution in [0.2, 0.25) is 0 Å². The minimum Gasteiger partial charge on any atom is -0.479 e. The number of ether oxygens (including phenoxy) is 1. The van der Waals surface area contributed by atoms with Crippen molar-refractivity contribution in [3.05, 3.63) is 53.3 Å². The number of hydrogen-bond donors (Lipinski definition) is 0. The molecule has 4 aromatic heterocycles. The third-order valence-electron chi connectivity index (χ3n) is 7.05. The quantitative estimate of drug-likeness (QED) is 0.371. The molecule has 0 radical (unpaired) electrons. The Bertz CT molecular complexity index is 1490. The average molecular weight is 526 g/mol. The number of nitrogens with zero attached hydrogens (tertiary/aromatic N) is 9. The van der Waals surface area contributed by atoms with Crippen LogP contribution in [0.15, 0.2) is 24.9 Å². The zero-order valence-corrected chi connectivity index (χ0v) is 21.2. The highest BCUT2D eigenvalue weighted by Gasteiger charge is 2.36. The lowest BCUT2D eigenvalue weighted by Gasteiger charge is -2.29. The lowest BCUT2D eigenvalue weighted by atomic mass is 10.0. The molecule has 6 rings (SSSR count). The van der Waals surface area contributed by atoms with Crippen molar-refractivity contribution in [2.45, 2.75) is 58.3 Å². The van der Waals surface area contributed by atoms with Crippen molar-refractivity contribution in [2.24, 2.45) is 0 Å². The zero-order chi connectivity index (χ0) is 26.6. The maximum atomic E-state index is 13.2. The zero-order valence-electron chi connectivity index (χ0n) is 21.2. The number of fused-ring (bicyclic) bond motifs is 1. The molecule has 0 spiro atoms. The predicted molar refractivity (Wildman–Crippen MR) is 131 cm³/mol. The first-order valence-electron chi connectivity index (χ1n) is 12.5. The van der Waals surface area contributed by atoms with Gasteiger partial charge in [0.05, 0.1) is 43.1 Å². The van der Waals surface area contributed by atoms with Gasteiger partial charge in [-0.2, -0.15) is 23.3 Å². The summed E-state index contributed by atoms with van der Waals surface area (Å²) in [7, 11) is 1.59. The molecule has 38 heavy (non-hydrogen) atoms. The van der Waals surface area contributed by atoms with Crippen LogP contribution in [-0.2, 0) is 25.7 Å². The number of hydrogen-bond acceptors (Lipinski definition) is 8. The summed E-state index contributed by atoms with van der Waals surface area (Å²) in [6, 6.07) is 0. The molecule has 0 bridgehead atoms. The maximum Gasteiger partial charge on any atom is 0.434 e. The third kappa shape index (κ3) is 4.15. The molecular formula is C25H26F3N9O. The van der Waals surface area contributed by atoms with Gasteiger partial charge >= 0.3 is 6.18 Å². The summed E-state index contributed by atoms with van der Waals surface area (Å²) in [5, 5.41) is 4.86. The minimum absolute atomic E-state index is 0.136. The average Bonchev–Trinajstić information content (AvgIpc) is 3.59. The van der Waals surface area contributed by atoms with Crippen LogP contribution in [-0.4, -0.2) is 52.9 Å². The third-order valence-corrected chi connectivity index (χ3v) is 7.05. The number of methoxy groups -OCH3 is 1. The van der Waals surface area contributed by atoms with E-state index in [4.69, 9.17) is 9.84 Å². The van der Waals surface area contributed by atoms with Gasteiger partial charge in [-0.25, -0.2) is 24.6 Å². The van der Waals surface area contributed by atoms with Gasteiger partial charge in [-0.05, 0) is 33.1 Å². The smallest absolute Gasteiger partial charge is 0.434 e. The van der Waals surface area contributed by atoms with Crippen molar-refractivity contribution in [3.8, 4) is 23.1 Å². The van der Waals surface area contributed by atoms with Gasteiger partial charge in [-0.15, -0.1) is 0 Å². The Morgan fingerprint density at radius 1 is 1.11 bits per heavy atom. The number of aryl methyl sites for hydroxylation is 2. The highest BCUT2D eigenvalue weighted by molar-refractivity contribution is 5.54. The number of halogens is 3. The summed E-state index contributed by atoms with van der Waals surface area (Å²) in [6.45, 7) is 5.31. The second-order valence-electron chi connectivity index (χ2n) is 9.48. The van der Waals surface area contributed by atoms with E-state index in [9.17, 15) is 13.2 Å². The van der Waals surface area contributed by atoms with Crippen LogP contribution < -0.4 is 9.64 Å². The van der Waals surface area contributed by atoms with E-state index in [2.05, 4.69) is 29.8 Å². The van der Waals surface area contributed by atoms with E-state index in [-0.39, 0.29) is 11.5 Å². The Morgan fingerprint density at radius 3 is 2.58 bits per heavy atom. The molecule has 198 valence electrons. The fourth-order valence-electron chi connectivity index (χ4n) is 4.96. The largest absolute Gasteiger partial charge is 0.479 e. The van der Waals surface area contributed by atoms with Crippen molar-refractivity contribution in [3.63, 3.8) is 0 Å². The van der Waals surface area contributed by atoms with Gasteiger partial charge in [0.15, 0.2) is 11.5 Å². The summed E-state index contributed by atoms with van der Waals surface area (Å²) in [5.41, 5.74) is 4.17. The fourth-order valence-corrected chi connectivity index (χ4v) is 4.96. The summed E-state index contributed by atoms with van der Waals surface area (Å²) >= 11 is 0. The van der Waals surface area contributed by atoms with Crippen molar-refractivity contribution < 1.29 is 17.9 Å². The molecule has 0 atom stereocenters. The molecule has 5 heterocycles. The first-order valence-corrected chi connectivity index (χ1v) is 12.5. The Kier molecular flexibility index (Phi) is 5.80. The first kappa shape index (κ1) is 24.3. The Morgan fingerprint density at radius 2 is 1.92 bits per heavy atom. The maximum absolute atomic E-state index is 13.2. The van der Waals surface area contributed by atoms with Crippen LogP contribution in [0.5, 0.6) is 5.88 Å². The molecule has 0 aromatic carbocycles. The van der Waals surface area contributed by atoms with Gasteiger partial charge in [0, 0.05) is 30.8 Å². The summed E-state index contributed by atoms with van der Waals surface area (Å²) < 4.78 is 48.5. The lowest BCUT2D eigenvalue weighted by molar-refractivity contribution is -0.140.